The highest BCUT2D eigenvalue weighted by atomic mass is 19.1. The van der Waals surface area contributed by atoms with Gasteiger partial charge in [-0.15, -0.1) is 0 Å². The van der Waals surface area contributed by atoms with Crippen LogP contribution in [0.1, 0.15) is 5.56 Å². The van der Waals surface area contributed by atoms with Crippen molar-refractivity contribution in [3.63, 3.8) is 0 Å². The van der Waals surface area contributed by atoms with Gasteiger partial charge in [0.2, 0.25) is 0 Å². The normalized spacial score (nSPS) is 10.8. The van der Waals surface area contributed by atoms with E-state index in [0.29, 0.717) is 5.56 Å². The number of halogens is 1. The van der Waals surface area contributed by atoms with Crippen molar-refractivity contribution in [3.05, 3.63) is 72.2 Å². The lowest BCUT2D eigenvalue weighted by atomic mass is 10.1. The number of ketones is 1. The van der Waals surface area contributed by atoms with Crippen molar-refractivity contribution in [2.45, 2.75) is 13.0 Å². The van der Waals surface area contributed by atoms with E-state index in [0.717, 1.165) is 10.9 Å². The topological polar surface area (TPSA) is 22.0 Å². The van der Waals surface area contributed by atoms with Crippen LogP contribution in [-0.2, 0) is 17.8 Å². The van der Waals surface area contributed by atoms with Crippen LogP contribution in [-0.4, -0.2) is 10.4 Å². The highest BCUT2D eigenvalue weighted by molar-refractivity contribution is 5.85. The molecule has 0 aliphatic heterocycles. The Morgan fingerprint density at radius 2 is 1.75 bits per heavy atom. The van der Waals surface area contributed by atoms with Gasteiger partial charge in [0.1, 0.15) is 5.82 Å². The molecule has 0 saturated carbocycles. The number of benzene rings is 2. The van der Waals surface area contributed by atoms with E-state index in [4.69, 9.17) is 0 Å². The van der Waals surface area contributed by atoms with E-state index in [-0.39, 0.29) is 24.6 Å². The molecule has 20 heavy (non-hydrogen) atoms. The lowest BCUT2D eigenvalue weighted by Gasteiger charge is -2.06. The van der Waals surface area contributed by atoms with Gasteiger partial charge in [-0.25, -0.2) is 4.39 Å². The summed E-state index contributed by atoms with van der Waals surface area (Å²) in [4.78, 5) is 12.1. The monoisotopic (exact) mass is 267 g/mol. The standard InChI is InChI=1S/C17H14FNO/c18-16-7-3-1-6-14(16)11-15(20)12-19-10-9-13-5-2-4-8-17(13)19/h1-10H,11-12H2. The third-order valence-corrected chi connectivity index (χ3v) is 3.37. The highest BCUT2D eigenvalue weighted by Gasteiger charge is 2.09. The highest BCUT2D eigenvalue weighted by Crippen LogP contribution is 2.15. The molecule has 3 heteroatoms. The van der Waals surface area contributed by atoms with E-state index in [1.807, 2.05) is 41.1 Å². The number of Topliss-reactive ketones (excluding diaryl/α,β-unsaturated/α-hetero) is 1. The summed E-state index contributed by atoms with van der Waals surface area (Å²) in [5.41, 5.74) is 1.48. The molecule has 0 atom stereocenters. The average Bonchev–Trinajstić information content (AvgIpc) is 2.85. The molecule has 1 aromatic heterocycles. The number of carbonyl (C=O) groups excluding carboxylic acids is 1. The first kappa shape index (κ1) is 12.6. The first-order valence-electron chi connectivity index (χ1n) is 6.53. The number of nitrogens with zero attached hydrogens (tertiary/aromatic N) is 1. The van der Waals surface area contributed by atoms with Crippen LogP contribution in [0.2, 0.25) is 0 Å². The molecule has 0 aliphatic carbocycles. The van der Waals surface area contributed by atoms with Gasteiger partial charge in [-0.05, 0) is 29.1 Å². The van der Waals surface area contributed by atoms with E-state index in [9.17, 15) is 9.18 Å². The zero-order chi connectivity index (χ0) is 13.9. The van der Waals surface area contributed by atoms with E-state index in [1.165, 1.54) is 6.07 Å². The molecule has 3 rings (SSSR count). The Morgan fingerprint density at radius 3 is 2.60 bits per heavy atom. The Balaban J connectivity index is 1.78. The van der Waals surface area contributed by atoms with Crippen LogP contribution in [0.25, 0.3) is 10.9 Å². The predicted octanol–water partition coefficient (Wildman–Crippen LogP) is 3.59. The van der Waals surface area contributed by atoms with Gasteiger partial charge >= 0.3 is 0 Å². The van der Waals surface area contributed by atoms with Crippen LogP contribution in [0.15, 0.2) is 60.8 Å². The molecule has 0 aliphatic rings. The Labute approximate surface area is 116 Å². The van der Waals surface area contributed by atoms with E-state index < -0.39 is 0 Å². The van der Waals surface area contributed by atoms with Crippen molar-refractivity contribution in [1.82, 2.24) is 4.57 Å². The number of fused-ring (bicyclic) bond motifs is 1. The van der Waals surface area contributed by atoms with Crippen LogP contribution in [0.5, 0.6) is 0 Å². The Bertz CT molecular complexity index is 760. The van der Waals surface area contributed by atoms with E-state index >= 15 is 0 Å². The molecule has 0 fully saturated rings. The predicted molar refractivity (Wildman–Crippen MR) is 77.0 cm³/mol. The lowest BCUT2D eigenvalue weighted by Crippen LogP contribution is -2.12. The van der Waals surface area contributed by atoms with Crippen LogP contribution in [0.4, 0.5) is 4.39 Å². The maximum atomic E-state index is 13.5. The van der Waals surface area contributed by atoms with Gasteiger partial charge in [-0.2, -0.15) is 0 Å². The minimum absolute atomic E-state index is 0.00328. The molecule has 0 bridgehead atoms. The summed E-state index contributed by atoms with van der Waals surface area (Å²) < 4.78 is 15.4. The van der Waals surface area contributed by atoms with E-state index in [1.54, 1.807) is 18.2 Å². The molecule has 0 radical (unpaired) electrons. The second-order valence-corrected chi connectivity index (χ2v) is 4.81. The first-order chi connectivity index (χ1) is 9.74. The van der Waals surface area contributed by atoms with Gasteiger partial charge < -0.3 is 4.57 Å². The number of hydrogen-bond donors (Lipinski definition) is 0. The number of rotatable bonds is 4. The largest absolute Gasteiger partial charge is 0.340 e. The van der Waals surface area contributed by atoms with Gasteiger partial charge in [0.15, 0.2) is 5.78 Å². The Morgan fingerprint density at radius 1 is 1.00 bits per heavy atom. The van der Waals surface area contributed by atoms with Gasteiger partial charge in [0, 0.05) is 18.1 Å². The van der Waals surface area contributed by atoms with Gasteiger partial charge in [-0.1, -0.05) is 36.4 Å². The minimum atomic E-state index is -0.321. The molecule has 100 valence electrons. The number of para-hydroxylation sites is 1. The SMILES string of the molecule is O=C(Cc1ccccc1F)Cn1ccc2ccccc21. The number of hydrogen-bond acceptors (Lipinski definition) is 1. The van der Waals surface area contributed by atoms with Crippen LogP contribution in [0, 0.1) is 5.82 Å². The summed E-state index contributed by atoms with van der Waals surface area (Å²) in [6.45, 7) is 0.266. The van der Waals surface area contributed by atoms with Crippen molar-refractivity contribution in [1.29, 1.82) is 0 Å². The fourth-order valence-corrected chi connectivity index (χ4v) is 2.38. The molecule has 2 nitrogen and oxygen atoms in total. The quantitative estimate of drug-likeness (QED) is 0.708. The average molecular weight is 267 g/mol. The second kappa shape index (κ2) is 5.29. The van der Waals surface area contributed by atoms with Gasteiger partial charge in [-0.3, -0.25) is 4.79 Å². The van der Waals surface area contributed by atoms with Gasteiger partial charge in [0.05, 0.1) is 6.54 Å². The van der Waals surface area contributed by atoms with Gasteiger partial charge in [0.25, 0.3) is 0 Å². The fourth-order valence-electron chi connectivity index (χ4n) is 2.38. The molecule has 0 saturated heterocycles. The maximum absolute atomic E-state index is 13.5. The third kappa shape index (κ3) is 2.48. The Kier molecular flexibility index (Phi) is 3.33. The fraction of sp³-hybridized carbons (Fsp3) is 0.118. The molecule has 1 heterocycles. The van der Waals surface area contributed by atoms with E-state index in [2.05, 4.69) is 0 Å². The van der Waals surface area contributed by atoms with Crippen molar-refractivity contribution in [2.24, 2.45) is 0 Å². The summed E-state index contributed by atoms with van der Waals surface area (Å²) >= 11 is 0. The molecule has 2 aromatic carbocycles. The zero-order valence-corrected chi connectivity index (χ0v) is 10.9. The first-order valence-corrected chi connectivity index (χ1v) is 6.53. The summed E-state index contributed by atoms with van der Waals surface area (Å²) in [5.74, 6) is -0.324. The summed E-state index contributed by atoms with van der Waals surface area (Å²) in [6.07, 6.45) is 2.02. The van der Waals surface area contributed by atoms with Crippen LogP contribution in [0.3, 0.4) is 0 Å². The van der Waals surface area contributed by atoms with Crippen LogP contribution >= 0.6 is 0 Å². The van der Waals surface area contributed by atoms with Crippen LogP contribution < -0.4 is 0 Å². The minimum Gasteiger partial charge on any atom is -0.340 e. The number of carbonyl (C=O) groups is 1. The molecular weight excluding hydrogens is 253 g/mol. The Hall–Kier alpha value is -2.42. The lowest BCUT2D eigenvalue weighted by molar-refractivity contribution is -0.118. The molecule has 0 amide bonds. The zero-order valence-electron chi connectivity index (χ0n) is 10.9. The summed E-state index contributed by atoms with van der Waals surface area (Å²) in [6, 6.07) is 16.3. The number of aromatic nitrogens is 1. The molecular formula is C17H14FNO. The molecule has 0 spiro atoms. The van der Waals surface area contributed by atoms with Crippen molar-refractivity contribution in [3.8, 4) is 0 Å². The van der Waals surface area contributed by atoms with Crippen molar-refractivity contribution >= 4 is 16.7 Å². The molecule has 0 N–H and O–H groups in total. The van der Waals surface area contributed by atoms with Crippen molar-refractivity contribution < 1.29 is 9.18 Å². The smallest absolute Gasteiger partial charge is 0.156 e. The third-order valence-electron chi connectivity index (χ3n) is 3.37. The second-order valence-electron chi connectivity index (χ2n) is 4.81. The summed E-state index contributed by atoms with van der Waals surface area (Å²) in [5, 5.41) is 1.10. The van der Waals surface area contributed by atoms with Crippen molar-refractivity contribution in [2.75, 3.05) is 0 Å². The molecule has 0 unspecified atom stereocenters. The molecule has 3 aromatic rings. The summed E-state index contributed by atoms with van der Waals surface area (Å²) in [7, 11) is 0. The maximum Gasteiger partial charge on any atom is 0.156 e.